The van der Waals surface area contributed by atoms with E-state index in [2.05, 4.69) is 19.9 Å². The zero-order chi connectivity index (χ0) is 13.6. The monoisotopic (exact) mass is 440 g/mol. The Morgan fingerprint density at radius 2 is 0.667 bits per heavy atom. The first-order chi connectivity index (χ1) is 9.93. The SMILES string of the molecule is [Hf+4].c1c[n-]c(-c2ccc[n-]2)c1.c1c[n-]c(-c2ccc[n-]2)c1. The molecule has 4 aromatic heterocycles. The van der Waals surface area contributed by atoms with E-state index in [9.17, 15) is 0 Å². The third-order valence-corrected chi connectivity index (χ3v) is 2.74. The zero-order valence-corrected chi connectivity index (χ0v) is 14.8. The molecule has 0 aliphatic heterocycles. The van der Waals surface area contributed by atoms with Gasteiger partial charge in [0, 0.05) is 0 Å². The van der Waals surface area contributed by atoms with Crippen LogP contribution in [0.1, 0.15) is 0 Å². The van der Waals surface area contributed by atoms with Crippen LogP contribution < -0.4 is 19.9 Å². The largest absolute Gasteiger partial charge is 4.00 e. The Balaban J connectivity index is 0.000000147. The van der Waals surface area contributed by atoms with Crippen LogP contribution in [0.5, 0.6) is 0 Å². The molecule has 0 radical (unpaired) electrons. The first-order valence-corrected chi connectivity index (χ1v) is 6.25. The molecule has 5 heteroatoms. The normalized spacial score (nSPS) is 9.52. The van der Waals surface area contributed by atoms with Crippen molar-refractivity contribution in [2.75, 3.05) is 0 Å². The van der Waals surface area contributed by atoms with Crippen molar-refractivity contribution in [1.82, 2.24) is 19.9 Å². The van der Waals surface area contributed by atoms with Gasteiger partial charge in [0.1, 0.15) is 0 Å². The smallest absolute Gasteiger partial charge is 0.665 e. The van der Waals surface area contributed by atoms with Crippen molar-refractivity contribution in [3.05, 3.63) is 73.3 Å². The summed E-state index contributed by atoms with van der Waals surface area (Å²) in [6, 6.07) is 15.4. The van der Waals surface area contributed by atoms with E-state index < -0.39 is 0 Å². The Labute approximate surface area is 141 Å². The first kappa shape index (κ1) is 15.4. The average Bonchev–Trinajstić information content (AvgIpc) is 3.29. The van der Waals surface area contributed by atoms with Gasteiger partial charge in [0.2, 0.25) is 0 Å². The standard InChI is InChI=1S/2C8H6N2.Hf/c2*1-3-7(9-5-1)8-4-2-6-10-8;/h2*1-6H;/q2*-2;+4. The van der Waals surface area contributed by atoms with Crippen molar-refractivity contribution in [3.8, 4) is 22.8 Å². The van der Waals surface area contributed by atoms with E-state index in [1.54, 1.807) is 24.8 Å². The minimum absolute atomic E-state index is 0. The zero-order valence-electron chi connectivity index (χ0n) is 11.2. The number of nitrogens with zero attached hydrogens (tertiary/aromatic N) is 4. The summed E-state index contributed by atoms with van der Waals surface area (Å²) in [4.78, 5) is 16.4. The van der Waals surface area contributed by atoms with Crippen molar-refractivity contribution in [1.29, 1.82) is 0 Å². The van der Waals surface area contributed by atoms with Gasteiger partial charge in [-0.05, 0) is 0 Å². The van der Waals surface area contributed by atoms with Crippen LogP contribution in [0.25, 0.3) is 22.8 Å². The molecule has 100 valence electrons. The van der Waals surface area contributed by atoms with E-state index in [0.29, 0.717) is 0 Å². The molecular weight excluding hydrogens is 427 g/mol. The Kier molecular flexibility index (Phi) is 5.63. The molecule has 21 heavy (non-hydrogen) atoms. The maximum absolute atomic E-state index is 4.10. The third-order valence-electron chi connectivity index (χ3n) is 2.74. The summed E-state index contributed by atoms with van der Waals surface area (Å²) in [6.45, 7) is 0. The van der Waals surface area contributed by atoms with Gasteiger partial charge in [-0.25, -0.2) is 0 Å². The van der Waals surface area contributed by atoms with Crippen molar-refractivity contribution in [2.45, 2.75) is 0 Å². The van der Waals surface area contributed by atoms with Crippen LogP contribution >= 0.6 is 0 Å². The van der Waals surface area contributed by atoms with Gasteiger partial charge in [0.05, 0.1) is 0 Å². The maximum atomic E-state index is 4.10. The van der Waals surface area contributed by atoms with Gasteiger partial charge in [-0.1, -0.05) is 48.5 Å². The van der Waals surface area contributed by atoms with E-state index in [1.165, 1.54) is 0 Å². The molecule has 0 aliphatic rings. The minimum Gasteiger partial charge on any atom is -0.665 e. The molecule has 0 aromatic carbocycles. The van der Waals surface area contributed by atoms with Crippen molar-refractivity contribution in [2.24, 2.45) is 0 Å². The second kappa shape index (κ2) is 7.69. The van der Waals surface area contributed by atoms with E-state index in [4.69, 9.17) is 0 Å². The van der Waals surface area contributed by atoms with Gasteiger partial charge in [0.15, 0.2) is 0 Å². The molecule has 0 saturated carbocycles. The Bertz CT molecular complexity index is 564. The van der Waals surface area contributed by atoms with Crippen molar-refractivity contribution >= 4 is 0 Å². The van der Waals surface area contributed by atoms with Crippen molar-refractivity contribution in [3.63, 3.8) is 0 Å². The van der Waals surface area contributed by atoms with Crippen LogP contribution in [0, 0.1) is 0 Å². The molecule has 0 aliphatic carbocycles. The molecule has 0 unspecified atom stereocenters. The fourth-order valence-electron chi connectivity index (χ4n) is 1.81. The number of rotatable bonds is 2. The number of hydrogen-bond acceptors (Lipinski definition) is 0. The van der Waals surface area contributed by atoms with E-state index >= 15 is 0 Å². The van der Waals surface area contributed by atoms with E-state index in [-0.39, 0.29) is 25.8 Å². The van der Waals surface area contributed by atoms with Crippen molar-refractivity contribution < 1.29 is 25.8 Å². The number of aromatic nitrogens is 4. The summed E-state index contributed by atoms with van der Waals surface area (Å²) in [5.41, 5.74) is 3.80. The van der Waals surface area contributed by atoms with Crippen LogP contribution in [0.2, 0.25) is 0 Å². The predicted molar refractivity (Wildman–Crippen MR) is 77.0 cm³/mol. The molecule has 0 atom stereocenters. The maximum Gasteiger partial charge on any atom is 4.00 e. The molecule has 0 spiro atoms. The summed E-state index contributed by atoms with van der Waals surface area (Å²) in [7, 11) is 0. The van der Waals surface area contributed by atoms with E-state index in [1.807, 2.05) is 48.5 Å². The first-order valence-electron chi connectivity index (χ1n) is 6.25. The molecule has 0 amide bonds. The molecule has 4 rings (SSSR count). The fourth-order valence-corrected chi connectivity index (χ4v) is 1.81. The van der Waals surface area contributed by atoms with Crippen LogP contribution in [0.15, 0.2) is 73.3 Å². The van der Waals surface area contributed by atoms with Gasteiger partial charge in [-0.3, -0.25) is 0 Å². The molecule has 0 fully saturated rings. The Morgan fingerprint density at radius 3 is 0.810 bits per heavy atom. The van der Waals surface area contributed by atoms with Gasteiger partial charge in [-0.15, -0.1) is 0 Å². The molecule has 0 N–H and O–H groups in total. The van der Waals surface area contributed by atoms with Crippen LogP contribution in [0.3, 0.4) is 0 Å². The summed E-state index contributed by atoms with van der Waals surface area (Å²) < 4.78 is 0. The minimum atomic E-state index is 0. The van der Waals surface area contributed by atoms with Gasteiger partial charge < -0.3 is 19.9 Å². The third kappa shape index (κ3) is 3.98. The Morgan fingerprint density at radius 1 is 0.429 bits per heavy atom. The van der Waals surface area contributed by atoms with E-state index in [0.717, 1.165) is 22.8 Å². The fraction of sp³-hybridized carbons (Fsp3) is 0. The second-order valence-electron chi connectivity index (χ2n) is 4.09. The molecule has 4 heterocycles. The topological polar surface area (TPSA) is 56.4 Å². The van der Waals surface area contributed by atoms with Gasteiger partial charge >= 0.3 is 25.8 Å². The second-order valence-corrected chi connectivity index (χ2v) is 4.09. The molecular formula is C16H12HfN4. The predicted octanol–water partition coefficient (Wildman–Crippen LogP) is 2.53. The van der Waals surface area contributed by atoms with Crippen LogP contribution in [-0.4, -0.2) is 0 Å². The van der Waals surface area contributed by atoms with Crippen LogP contribution in [0.4, 0.5) is 0 Å². The van der Waals surface area contributed by atoms with Gasteiger partial charge in [-0.2, -0.15) is 47.6 Å². The number of hydrogen-bond donors (Lipinski definition) is 0. The van der Waals surface area contributed by atoms with Crippen LogP contribution in [-0.2, 0) is 25.8 Å². The summed E-state index contributed by atoms with van der Waals surface area (Å²) in [5.74, 6) is 0. The summed E-state index contributed by atoms with van der Waals surface area (Å²) in [6.07, 6.45) is 7.07. The molecule has 0 bridgehead atoms. The summed E-state index contributed by atoms with van der Waals surface area (Å²) >= 11 is 0. The van der Waals surface area contributed by atoms with Gasteiger partial charge in [0.25, 0.3) is 0 Å². The molecule has 4 aromatic rings. The molecule has 0 saturated heterocycles. The average molecular weight is 439 g/mol. The Hall–Kier alpha value is -2.01. The molecule has 4 nitrogen and oxygen atoms in total. The summed E-state index contributed by atoms with van der Waals surface area (Å²) in [5, 5.41) is 0. The quantitative estimate of drug-likeness (QED) is 0.451.